The summed E-state index contributed by atoms with van der Waals surface area (Å²) >= 11 is 0. The fourth-order valence-electron chi connectivity index (χ4n) is 3.39. The molecular formula is C21H21N7O3. The first-order valence-electron chi connectivity index (χ1n) is 9.82. The lowest BCUT2D eigenvalue weighted by Gasteiger charge is -2.35. The van der Waals surface area contributed by atoms with Crippen LogP contribution in [0.25, 0.3) is 0 Å². The molecule has 10 nitrogen and oxygen atoms in total. The van der Waals surface area contributed by atoms with E-state index >= 15 is 0 Å². The number of piperazine rings is 1. The number of nitro groups is 1. The number of hydrogen-bond acceptors (Lipinski definition) is 8. The van der Waals surface area contributed by atoms with Gasteiger partial charge in [-0.3, -0.25) is 14.9 Å². The zero-order chi connectivity index (χ0) is 21.8. The third-order valence-corrected chi connectivity index (χ3v) is 4.96. The quantitative estimate of drug-likeness (QED) is 0.496. The summed E-state index contributed by atoms with van der Waals surface area (Å²) in [5.41, 5.74) is 0.411. The number of pyridine rings is 1. The Kier molecular flexibility index (Phi) is 5.69. The van der Waals surface area contributed by atoms with E-state index in [-0.39, 0.29) is 11.6 Å². The Morgan fingerprint density at radius 3 is 2.42 bits per heavy atom. The van der Waals surface area contributed by atoms with Crippen molar-refractivity contribution in [1.82, 2.24) is 19.9 Å². The van der Waals surface area contributed by atoms with Crippen LogP contribution in [0.15, 0.2) is 54.7 Å². The topological polar surface area (TPSA) is 117 Å². The molecule has 4 rings (SSSR count). The molecule has 0 atom stereocenters. The molecule has 0 bridgehead atoms. The lowest BCUT2D eigenvalue weighted by atomic mass is 10.1. The van der Waals surface area contributed by atoms with Crippen LogP contribution >= 0.6 is 0 Å². The lowest BCUT2D eigenvalue weighted by Crippen LogP contribution is -2.49. The van der Waals surface area contributed by atoms with Gasteiger partial charge in [0, 0.05) is 56.1 Å². The molecule has 0 saturated carbocycles. The molecule has 2 aromatic heterocycles. The Hall–Kier alpha value is -4.08. The number of non-ortho nitro benzene ring substituents is 1. The third kappa shape index (κ3) is 4.74. The summed E-state index contributed by atoms with van der Waals surface area (Å²) in [6.45, 7) is 4.14. The molecule has 158 valence electrons. The molecule has 1 aliphatic rings. The van der Waals surface area contributed by atoms with Crippen molar-refractivity contribution in [2.24, 2.45) is 0 Å². The van der Waals surface area contributed by atoms with Crippen molar-refractivity contribution in [3.63, 3.8) is 0 Å². The summed E-state index contributed by atoms with van der Waals surface area (Å²) in [6.07, 6.45) is 1.71. The monoisotopic (exact) mass is 419 g/mol. The van der Waals surface area contributed by atoms with Crippen LogP contribution in [0.2, 0.25) is 0 Å². The number of anilines is 3. The van der Waals surface area contributed by atoms with Gasteiger partial charge in [0.15, 0.2) is 0 Å². The second kappa shape index (κ2) is 8.74. The Morgan fingerprint density at radius 1 is 1.03 bits per heavy atom. The van der Waals surface area contributed by atoms with Crippen molar-refractivity contribution >= 4 is 29.0 Å². The number of nitrogens with zero attached hydrogens (tertiary/aromatic N) is 6. The molecular weight excluding hydrogens is 398 g/mol. The number of nitrogens with one attached hydrogen (secondary N) is 1. The van der Waals surface area contributed by atoms with Crippen LogP contribution in [-0.2, 0) is 0 Å². The average molecular weight is 419 g/mol. The van der Waals surface area contributed by atoms with Crippen LogP contribution in [0.5, 0.6) is 0 Å². The van der Waals surface area contributed by atoms with E-state index in [1.165, 1.54) is 24.3 Å². The number of benzene rings is 1. The summed E-state index contributed by atoms with van der Waals surface area (Å²) < 4.78 is 0. The van der Waals surface area contributed by atoms with Gasteiger partial charge in [0.2, 0.25) is 0 Å². The van der Waals surface area contributed by atoms with Gasteiger partial charge in [0.1, 0.15) is 23.3 Å². The van der Waals surface area contributed by atoms with E-state index in [1.807, 2.05) is 31.2 Å². The van der Waals surface area contributed by atoms with Gasteiger partial charge in [-0.15, -0.1) is 0 Å². The van der Waals surface area contributed by atoms with Gasteiger partial charge < -0.3 is 15.1 Å². The van der Waals surface area contributed by atoms with Crippen molar-refractivity contribution in [1.29, 1.82) is 0 Å². The standard InChI is InChI=1S/C21H21N7O3/c1-15-23-19(25-18-4-2-3-9-22-18)14-20(24-15)26-10-12-27(13-11-26)21(29)16-5-7-17(8-6-16)28(30)31/h2-9,14H,10-13H2,1H3,(H,22,23,24,25). The minimum atomic E-state index is -0.478. The van der Waals surface area contributed by atoms with Crippen molar-refractivity contribution < 1.29 is 9.72 Å². The predicted molar refractivity (Wildman–Crippen MR) is 116 cm³/mol. The van der Waals surface area contributed by atoms with Crippen molar-refractivity contribution in [3.8, 4) is 0 Å². The highest BCUT2D eigenvalue weighted by Crippen LogP contribution is 2.21. The van der Waals surface area contributed by atoms with Crippen LogP contribution in [0.4, 0.5) is 23.1 Å². The number of carbonyl (C=O) groups excluding carboxylic acids is 1. The van der Waals surface area contributed by atoms with Crippen LogP contribution < -0.4 is 10.2 Å². The zero-order valence-corrected chi connectivity index (χ0v) is 16.9. The summed E-state index contributed by atoms with van der Waals surface area (Å²) in [7, 11) is 0. The van der Waals surface area contributed by atoms with Gasteiger partial charge in [-0.1, -0.05) is 6.07 Å². The zero-order valence-electron chi connectivity index (χ0n) is 16.9. The Labute approximate surface area is 178 Å². The first kappa shape index (κ1) is 20.2. The summed E-state index contributed by atoms with van der Waals surface area (Å²) in [4.78, 5) is 40.1. The molecule has 0 spiro atoms. The van der Waals surface area contributed by atoms with E-state index in [4.69, 9.17) is 0 Å². The van der Waals surface area contributed by atoms with E-state index in [0.717, 1.165) is 5.82 Å². The SMILES string of the molecule is Cc1nc(Nc2ccccn2)cc(N2CCN(C(=O)c3ccc([N+](=O)[O-])cc3)CC2)n1. The lowest BCUT2D eigenvalue weighted by molar-refractivity contribution is -0.384. The molecule has 1 fully saturated rings. The second-order valence-electron chi connectivity index (χ2n) is 7.08. The fourth-order valence-corrected chi connectivity index (χ4v) is 3.39. The van der Waals surface area contributed by atoms with Gasteiger partial charge in [0.25, 0.3) is 11.6 Å². The first-order valence-corrected chi connectivity index (χ1v) is 9.82. The molecule has 0 unspecified atom stereocenters. The summed E-state index contributed by atoms with van der Waals surface area (Å²) in [5, 5.41) is 14.0. The van der Waals surface area contributed by atoms with Gasteiger partial charge in [-0.2, -0.15) is 0 Å². The number of hydrogen-bond donors (Lipinski definition) is 1. The number of amides is 1. The van der Waals surface area contributed by atoms with Gasteiger partial charge in [-0.25, -0.2) is 15.0 Å². The number of rotatable bonds is 5. The highest BCUT2D eigenvalue weighted by molar-refractivity contribution is 5.94. The van der Waals surface area contributed by atoms with E-state index in [2.05, 4.69) is 25.2 Å². The Morgan fingerprint density at radius 2 is 1.77 bits per heavy atom. The maximum absolute atomic E-state index is 12.7. The average Bonchev–Trinajstić information content (AvgIpc) is 2.79. The number of nitro benzene ring substituents is 1. The van der Waals surface area contributed by atoms with E-state index < -0.39 is 4.92 Å². The van der Waals surface area contributed by atoms with Crippen LogP contribution in [-0.4, -0.2) is 56.9 Å². The smallest absolute Gasteiger partial charge is 0.269 e. The molecule has 1 aromatic carbocycles. The number of aryl methyl sites for hydroxylation is 1. The van der Waals surface area contributed by atoms with Crippen molar-refractivity contribution in [2.45, 2.75) is 6.92 Å². The van der Waals surface area contributed by atoms with Crippen molar-refractivity contribution in [2.75, 3.05) is 36.4 Å². The fraction of sp³-hybridized carbons (Fsp3) is 0.238. The van der Waals surface area contributed by atoms with Crippen LogP contribution in [0.1, 0.15) is 16.2 Å². The molecule has 3 heterocycles. The molecule has 10 heteroatoms. The maximum atomic E-state index is 12.7. The Balaban J connectivity index is 1.41. The summed E-state index contributed by atoms with van der Waals surface area (Å²) in [5.74, 6) is 2.65. The molecule has 1 saturated heterocycles. The highest BCUT2D eigenvalue weighted by atomic mass is 16.6. The molecule has 1 amide bonds. The molecule has 1 aliphatic heterocycles. The maximum Gasteiger partial charge on any atom is 0.269 e. The predicted octanol–water partition coefficient (Wildman–Crippen LogP) is 2.79. The molecule has 0 aliphatic carbocycles. The van der Waals surface area contributed by atoms with E-state index in [1.54, 1.807) is 11.1 Å². The number of aromatic nitrogens is 3. The highest BCUT2D eigenvalue weighted by Gasteiger charge is 2.24. The van der Waals surface area contributed by atoms with Gasteiger partial charge in [0.05, 0.1) is 4.92 Å². The molecule has 31 heavy (non-hydrogen) atoms. The molecule has 0 radical (unpaired) electrons. The molecule has 1 N–H and O–H groups in total. The first-order chi connectivity index (χ1) is 15.0. The van der Waals surface area contributed by atoms with Crippen LogP contribution in [0.3, 0.4) is 0 Å². The van der Waals surface area contributed by atoms with E-state index in [9.17, 15) is 14.9 Å². The third-order valence-electron chi connectivity index (χ3n) is 4.96. The van der Waals surface area contributed by atoms with Crippen LogP contribution in [0, 0.1) is 17.0 Å². The summed E-state index contributed by atoms with van der Waals surface area (Å²) in [6, 6.07) is 13.2. The molecule has 3 aromatic rings. The van der Waals surface area contributed by atoms with Gasteiger partial charge >= 0.3 is 0 Å². The Bertz CT molecular complexity index is 1080. The largest absolute Gasteiger partial charge is 0.353 e. The minimum Gasteiger partial charge on any atom is -0.353 e. The van der Waals surface area contributed by atoms with Crippen molar-refractivity contribution in [3.05, 3.63) is 76.2 Å². The second-order valence-corrected chi connectivity index (χ2v) is 7.08. The number of carbonyl (C=O) groups is 1. The normalized spacial score (nSPS) is 13.7. The van der Waals surface area contributed by atoms with E-state index in [0.29, 0.717) is 49.2 Å². The minimum absolute atomic E-state index is 0.0318. The van der Waals surface area contributed by atoms with Gasteiger partial charge in [-0.05, 0) is 31.2 Å².